The third kappa shape index (κ3) is 2.00. The standard InChI is InChI=1S/C13H10ClN5O/c1-15-12-9-5-4-8(14)7-10(9)19(13(20)17-12)11-3-2-6-16-18-11/h2-7H,1H3,(H,15,17,20). The molecule has 0 aliphatic carbocycles. The summed E-state index contributed by atoms with van der Waals surface area (Å²) in [6.45, 7) is 0. The fourth-order valence-corrected chi connectivity index (χ4v) is 2.19. The van der Waals surface area contributed by atoms with Crippen molar-refractivity contribution in [1.29, 1.82) is 0 Å². The quantitative estimate of drug-likeness (QED) is 0.779. The van der Waals surface area contributed by atoms with Gasteiger partial charge in [-0.05, 0) is 30.3 Å². The molecular formula is C13H10ClN5O. The minimum absolute atomic E-state index is 0.403. The maximum Gasteiger partial charge on any atom is 0.355 e. The first-order chi connectivity index (χ1) is 9.70. The monoisotopic (exact) mass is 287 g/mol. The lowest BCUT2D eigenvalue weighted by Gasteiger charge is -2.11. The van der Waals surface area contributed by atoms with Crippen molar-refractivity contribution in [2.75, 3.05) is 12.4 Å². The topological polar surface area (TPSA) is 72.7 Å². The first-order valence-corrected chi connectivity index (χ1v) is 6.26. The first-order valence-electron chi connectivity index (χ1n) is 5.89. The van der Waals surface area contributed by atoms with Crippen molar-refractivity contribution in [3.05, 3.63) is 52.0 Å². The van der Waals surface area contributed by atoms with E-state index in [1.54, 1.807) is 37.5 Å². The number of hydrogen-bond donors (Lipinski definition) is 1. The van der Waals surface area contributed by atoms with Crippen LogP contribution in [0.15, 0.2) is 41.3 Å². The highest BCUT2D eigenvalue weighted by atomic mass is 35.5. The summed E-state index contributed by atoms with van der Waals surface area (Å²) in [5.41, 5.74) is 0.187. The number of fused-ring (bicyclic) bond motifs is 1. The van der Waals surface area contributed by atoms with Crippen molar-refractivity contribution in [3.63, 3.8) is 0 Å². The van der Waals surface area contributed by atoms with Crippen LogP contribution in [0.5, 0.6) is 0 Å². The van der Waals surface area contributed by atoms with Crippen LogP contribution >= 0.6 is 11.6 Å². The molecule has 3 aromatic rings. The van der Waals surface area contributed by atoms with Gasteiger partial charge < -0.3 is 5.32 Å². The van der Waals surface area contributed by atoms with Gasteiger partial charge in [-0.3, -0.25) is 0 Å². The Bertz CT molecular complexity index is 831. The van der Waals surface area contributed by atoms with Gasteiger partial charge in [0.2, 0.25) is 0 Å². The molecule has 2 aromatic heterocycles. The van der Waals surface area contributed by atoms with Crippen molar-refractivity contribution in [3.8, 4) is 5.82 Å². The van der Waals surface area contributed by atoms with Crippen LogP contribution < -0.4 is 11.0 Å². The fraction of sp³-hybridized carbons (Fsp3) is 0.0769. The van der Waals surface area contributed by atoms with Crippen molar-refractivity contribution < 1.29 is 0 Å². The zero-order chi connectivity index (χ0) is 14.1. The molecule has 6 nitrogen and oxygen atoms in total. The third-order valence-corrected chi connectivity index (χ3v) is 3.11. The molecule has 0 amide bonds. The summed E-state index contributed by atoms with van der Waals surface area (Å²) < 4.78 is 1.38. The van der Waals surface area contributed by atoms with Gasteiger partial charge in [-0.2, -0.15) is 10.1 Å². The second-order valence-electron chi connectivity index (χ2n) is 4.07. The van der Waals surface area contributed by atoms with Gasteiger partial charge in [0.15, 0.2) is 5.82 Å². The number of benzene rings is 1. The molecule has 7 heteroatoms. The second-order valence-corrected chi connectivity index (χ2v) is 4.51. The van der Waals surface area contributed by atoms with Crippen molar-refractivity contribution in [1.82, 2.24) is 19.7 Å². The molecule has 0 saturated heterocycles. The summed E-state index contributed by atoms with van der Waals surface area (Å²) >= 11 is 6.03. The largest absolute Gasteiger partial charge is 0.372 e. The average Bonchev–Trinajstić information content (AvgIpc) is 2.47. The summed E-state index contributed by atoms with van der Waals surface area (Å²) in [7, 11) is 1.71. The van der Waals surface area contributed by atoms with E-state index in [0.717, 1.165) is 5.39 Å². The zero-order valence-electron chi connectivity index (χ0n) is 10.5. The molecular weight excluding hydrogens is 278 g/mol. The number of nitrogens with zero attached hydrogens (tertiary/aromatic N) is 4. The summed E-state index contributed by atoms with van der Waals surface area (Å²) in [4.78, 5) is 16.2. The number of halogens is 1. The van der Waals surface area contributed by atoms with Crippen LogP contribution in [0.4, 0.5) is 5.82 Å². The molecule has 0 fully saturated rings. The molecule has 0 radical (unpaired) electrons. The lowest BCUT2D eigenvalue weighted by Crippen LogP contribution is -2.24. The highest BCUT2D eigenvalue weighted by molar-refractivity contribution is 6.31. The Labute approximate surface area is 119 Å². The number of rotatable bonds is 2. The van der Waals surface area contributed by atoms with Crippen LogP contribution in [0.2, 0.25) is 5.02 Å². The predicted molar refractivity (Wildman–Crippen MR) is 77.5 cm³/mol. The van der Waals surface area contributed by atoms with Crippen molar-refractivity contribution in [2.24, 2.45) is 0 Å². The van der Waals surface area contributed by atoms with Crippen LogP contribution in [-0.2, 0) is 0 Å². The SMILES string of the molecule is CNc1nc(=O)n(-c2cccnn2)c2cc(Cl)ccc12. The smallest absolute Gasteiger partial charge is 0.355 e. The molecule has 0 aliphatic rings. The van der Waals surface area contributed by atoms with Crippen molar-refractivity contribution >= 4 is 28.3 Å². The van der Waals surface area contributed by atoms with Gasteiger partial charge in [0, 0.05) is 23.7 Å². The number of anilines is 1. The van der Waals surface area contributed by atoms with E-state index in [-0.39, 0.29) is 0 Å². The van der Waals surface area contributed by atoms with Gasteiger partial charge in [0.25, 0.3) is 0 Å². The number of hydrogen-bond acceptors (Lipinski definition) is 5. The molecule has 3 rings (SSSR count). The van der Waals surface area contributed by atoms with Crippen molar-refractivity contribution in [2.45, 2.75) is 0 Å². The Balaban J connectivity index is 2.46. The number of aromatic nitrogens is 4. The van der Waals surface area contributed by atoms with Crippen LogP contribution in [0.1, 0.15) is 0 Å². The molecule has 0 atom stereocenters. The molecule has 1 aromatic carbocycles. The molecule has 0 saturated carbocycles. The van der Waals surface area contributed by atoms with Crippen LogP contribution in [0.3, 0.4) is 0 Å². The molecule has 100 valence electrons. The van der Waals surface area contributed by atoms with Gasteiger partial charge >= 0.3 is 5.69 Å². The van der Waals surface area contributed by atoms with Gasteiger partial charge in [0.05, 0.1) is 5.52 Å². The molecule has 1 N–H and O–H groups in total. The van der Waals surface area contributed by atoms with E-state index in [4.69, 9.17) is 11.6 Å². The zero-order valence-corrected chi connectivity index (χ0v) is 11.3. The second kappa shape index (κ2) is 4.90. The highest BCUT2D eigenvalue weighted by Crippen LogP contribution is 2.24. The minimum atomic E-state index is -0.440. The third-order valence-electron chi connectivity index (χ3n) is 2.88. The van der Waals surface area contributed by atoms with Crippen LogP contribution in [0.25, 0.3) is 16.7 Å². The normalized spacial score (nSPS) is 10.7. The van der Waals surface area contributed by atoms with E-state index in [1.807, 2.05) is 6.07 Å². The molecule has 0 unspecified atom stereocenters. The molecule has 0 spiro atoms. The van der Waals surface area contributed by atoms with E-state index < -0.39 is 5.69 Å². The molecule has 2 heterocycles. The molecule has 0 bridgehead atoms. The Morgan fingerprint density at radius 1 is 1.30 bits per heavy atom. The maximum atomic E-state index is 12.2. The van der Waals surface area contributed by atoms with E-state index in [1.165, 1.54) is 4.57 Å². The predicted octanol–water partition coefficient (Wildman–Crippen LogP) is 1.87. The Kier molecular flexibility index (Phi) is 3.08. The summed E-state index contributed by atoms with van der Waals surface area (Å²) in [6.07, 6.45) is 1.54. The van der Waals surface area contributed by atoms with E-state index in [0.29, 0.717) is 22.2 Å². The summed E-state index contributed by atoms with van der Waals surface area (Å²) in [5.74, 6) is 0.904. The Morgan fingerprint density at radius 2 is 2.15 bits per heavy atom. The van der Waals surface area contributed by atoms with E-state index in [9.17, 15) is 4.79 Å². The molecule has 20 heavy (non-hydrogen) atoms. The Hall–Kier alpha value is -2.47. The van der Waals surface area contributed by atoms with E-state index >= 15 is 0 Å². The van der Waals surface area contributed by atoms with Gasteiger partial charge in [-0.25, -0.2) is 9.36 Å². The summed E-state index contributed by atoms with van der Waals surface area (Å²) in [5, 5.41) is 12.0. The van der Waals surface area contributed by atoms with Crippen LogP contribution in [0, 0.1) is 0 Å². The van der Waals surface area contributed by atoms with Gasteiger partial charge in [0.1, 0.15) is 5.82 Å². The van der Waals surface area contributed by atoms with Gasteiger partial charge in [-0.15, -0.1) is 5.10 Å². The highest BCUT2D eigenvalue weighted by Gasteiger charge is 2.12. The lowest BCUT2D eigenvalue weighted by atomic mass is 10.2. The lowest BCUT2D eigenvalue weighted by molar-refractivity contribution is 0.876. The molecule has 0 aliphatic heterocycles. The number of nitrogens with one attached hydrogen (secondary N) is 1. The average molecular weight is 288 g/mol. The fourth-order valence-electron chi connectivity index (χ4n) is 2.02. The maximum absolute atomic E-state index is 12.2. The first kappa shape index (κ1) is 12.6. The van der Waals surface area contributed by atoms with Gasteiger partial charge in [-0.1, -0.05) is 11.6 Å². The summed E-state index contributed by atoms with van der Waals surface area (Å²) in [6, 6.07) is 8.66. The Morgan fingerprint density at radius 3 is 2.85 bits per heavy atom. The van der Waals surface area contributed by atoms with Crippen LogP contribution in [-0.4, -0.2) is 26.8 Å². The van der Waals surface area contributed by atoms with E-state index in [2.05, 4.69) is 20.5 Å². The minimum Gasteiger partial charge on any atom is -0.372 e.